The van der Waals surface area contributed by atoms with Crippen molar-refractivity contribution in [3.8, 4) is 17.2 Å². The summed E-state index contributed by atoms with van der Waals surface area (Å²) in [5, 5.41) is 0. The van der Waals surface area contributed by atoms with E-state index >= 15 is 0 Å². The third-order valence-corrected chi connectivity index (χ3v) is 8.08. The SMILES string of the molecule is COc1ccc(S(=O)(=O)N(Cc2ccc3c(c2)C=CC(C)(C)O3)C2CCCC2)c(OC)c1. The van der Waals surface area contributed by atoms with Gasteiger partial charge >= 0.3 is 0 Å². The maximum atomic E-state index is 13.8. The lowest BCUT2D eigenvalue weighted by Crippen LogP contribution is -2.38. The van der Waals surface area contributed by atoms with Crippen LogP contribution >= 0.6 is 0 Å². The first-order valence-electron chi connectivity index (χ1n) is 11.0. The molecule has 0 atom stereocenters. The Morgan fingerprint density at radius 2 is 1.81 bits per heavy atom. The maximum absolute atomic E-state index is 13.8. The molecule has 2 aromatic carbocycles. The summed E-state index contributed by atoms with van der Waals surface area (Å²) in [5.41, 5.74) is 1.55. The van der Waals surface area contributed by atoms with Crippen LogP contribution in [0.25, 0.3) is 6.08 Å². The zero-order valence-electron chi connectivity index (χ0n) is 19.1. The molecule has 0 N–H and O–H groups in total. The van der Waals surface area contributed by atoms with Gasteiger partial charge in [-0.2, -0.15) is 4.31 Å². The average Bonchev–Trinajstić information content (AvgIpc) is 3.30. The topological polar surface area (TPSA) is 65.1 Å². The maximum Gasteiger partial charge on any atom is 0.247 e. The first-order chi connectivity index (χ1) is 15.2. The molecular formula is C25H31NO5S. The second kappa shape index (κ2) is 8.79. The van der Waals surface area contributed by atoms with Gasteiger partial charge in [0.1, 0.15) is 27.7 Å². The van der Waals surface area contributed by atoms with Crippen LogP contribution < -0.4 is 14.2 Å². The normalized spacial score (nSPS) is 17.8. The Bertz CT molecular complexity index is 1120. The predicted molar refractivity (Wildman–Crippen MR) is 125 cm³/mol. The molecule has 172 valence electrons. The number of sulfonamides is 1. The molecule has 1 aliphatic carbocycles. The fourth-order valence-corrected chi connectivity index (χ4v) is 6.24. The molecule has 1 aliphatic heterocycles. The predicted octanol–water partition coefficient (Wildman–Crippen LogP) is 5.02. The third-order valence-electron chi connectivity index (χ3n) is 6.14. The highest BCUT2D eigenvalue weighted by Crippen LogP contribution is 2.37. The lowest BCUT2D eigenvalue weighted by molar-refractivity contribution is 0.159. The van der Waals surface area contributed by atoms with Crippen LogP contribution in [0.4, 0.5) is 0 Å². The molecule has 6 nitrogen and oxygen atoms in total. The van der Waals surface area contributed by atoms with E-state index in [1.54, 1.807) is 29.6 Å². The van der Waals surface area contributed by atoms with Gasteiger partial charge in [-0.25, -0.2) is 8.42 Å². The summed E-state index contributed by atoms with van der Waals surface area (Å²) in [7, 11) is -0.765. The monoisotopic (exact) mass is 457 g/mol. The molecule has 0 bridgehead atoms. The van der Waals surface area contributed by atoms with Gasteiger partial charge in [0, 0.05) is 24.2 Å². The third kappa shape index (κ3) is 4.50. The minimum Gasteiger partial charge on any atom is -0.497 e. The van der Waals surface area contributed by atoms with E-state index in [-0.39, 0.29) is 22.3 Å². The molecule has 1 heterocycles. The Balaban J connectivity index is 1.70. The summed E-state index contributed by atoms with van der Waals surface area (Å²) in [6.45, 7) is 4.32. The van der Waals surface area contributed by atoms with Crippen LogP contribution in [-0.2, 0) is 16.6 Å². The molecule has 2 aromatic rings. The van der Waals surface area contributed by atoms with Crippen molar-refractivity contribution in [2.24, 2.45) is 0 Å². The van der Waals surface area contributed by atoms with Crippen molar-refractivity contribution in [3.63, 3.8) is 0 Å². The van der Waals surface area contributed by atoms with Crippen molar-refractivity contribution in [1.29, 1.82) is 0 Å². The van der Waals surface area contributed by atoms with Crippen LogP contribution in [0.2, 0.25) is 0 Å². The van der Waals surface area contributed by atoms with Crippen molar-refractivity contribution in [2.45, 2.75) is 62.6 Å². The van der Waals surface area contributed by atoms with Gasteiger partial charge < -0.3 is 14.2 Å². The van der Waals surface area contributed by atoms with Crippen molar-refractivity contribution >= 4 is 16.1 Å². The molecule has 0 radical (unpaired) electrons. The van der Waals surface area contributed by atoms with Crippen LogP contribution in [0.15, 0.2) is 47.4 Å². The number of benzene rings is 2. The van der Waals surface area contributed by atoms with E-state index < -0.39 is 10.0 Å². The number of fused-ring (bicyclic) bond motifs is 1. The van der Waals surface area contributed by atoms with Gasteiger partial charge in [0.15, 0.2) is 0 Å². The highest BCUT2D eigenvalue weighted by Gasteiger charge is 2.35. The fourth-order valence-electron chi connectivity index (χ4n) is 4.42. The Morgan fingerprint density at radius 1 is 1.06 bits per heavy atom. The van der Waals surface area contributed by atoms with Crippen molar-refractivity contribution in [3.05, 3.63) is 53.6 Å². The summed E-state index contributed by atoms with van der Waals surface area (Å²) >= 11 is 0. The van der Waals surface area contributed by atoms with Crippen molar-refractivity contribution < 1.29 is 22.6 Å². The molecule has 0 saturated heterocycles. The van der Waals surface area contributed by atoms with Gasteiger partial charge in [0.25, 0.3) is 0 Å². The second-order valence-electron chi connectivity index (χ2n) is 8.92. The van der Waals surface area contributed by atoms with Crippen molar-refractivity contribution in [1.82, 2.24) is 4.31 Å². The molecular weight excluding hydrogens is 426 g/mol. The van der Waals surface area contributed by atoms with Crippen LogP contribution in [0.1, 0.15) is 50.7 Å². The van der Waals surface area contributed by atoms with Gasteiger partial charge in [-0.05, 0) is 62.6 Å². The quantitative estimate of drug-likeness (QED) is 0.584. The van der Waals surface area contributed by atoms with E-state index in [2.05, 4.69) is 0 Å². The molecule has 1 saturated carbocycles. The zero-order chi connectivity index (χ0) is 22.9. The minimum atomic E-state index is -3.79. The molecule has 0 spiro atoms. The number of rotatable bonds is 7. The molecule has 4 rings (SSSR count). The first-order valence-corrected chi connectivity index (χ1v) is 12.4. The Hall–Kier alpha value is -2.51. The van der Waals surface area contributed by atoms with Gasteiger partial charge in [-0.15, -0.1) is 0 Å². The van der Waals surface area contributed by atoms with E-state index in [4.69, 9.17) is 14.2 Å². The first kappa shape index (κ1) is 22.7. The summed E-state index contributed by atoms with van der Waals surface area (Å²) in [5.74, 6) is 1.65. The molecule has 1 fully saturated rings. The summed E-state index contributed by atoms with van der Waals surface area (Å²) in [4.78, 5) is 0.163. The number of ether oxygens (including phenoxy) is 3. The van der Waals surface area contributed by atoms with E-state index in [1.807, 2.05) is 44.2 Å². The van der Waals surface area contributed by atoms with Crippen LogP contribution in [0, 0.1) is 0 Å². The fraction of sp³-hybridized carbons (Fsp3) is 0.440. The highest BCUT2D eigenvalue weighted by atomic mass is 32.2. The van der Waals surface area contributed by atoms with Crippen LogP contribution in [0.5, 0.6) is 17.2 Å². The molecule has 0 unspecified atom stereocenters. The van der Waals surface area contributed by atoms with E-state index in [1.165, 1.54) is 7.11 Å². The lowest BCUT2D eigenvalue weighted by atomic mass is 10.0. The molecule has 2 aliphatic rings. The molecule has 7 heteroatoms. The van der Waals surface area contributed by atoms with E-state index in [0.717, 1.165) is 42.6 Å². The van der Waals surface area contributed by atoms with Crippen LogP contribution in [-0.4, -0.2) is 38.6 Å². The average molecular weight is 458 g/mol. The second-order valence-corrected chi connectivity index (χ2v) is 10.8. The Morgan fingerprint density at radius 3 is 2.50 bits per heavy atom. The molecule has 0 amide bonds. The lowest BCUT2D eigenvalue weighted by Gasteiger charge is -2.30. The van der Waals surface area contributed by atoms with Gasteiger partial charge in [-0.1, -0.05) is 25.0 Å². The van der Waals surface area contributed by atoms with Gasteiger partial charge in [0.2, 0.25) is 10.0 Å². The number of methoxy groups -OCH3 is 2. The summed E-state index contributed by atoms with van der Waals surface area (Å²) in [6, 6.07) is 10.7. The van der Waals surface area contributed by atoms with Crippen LogP contribution in [0.3, 0.4) is 0 Å². The minimum absolute atomic E-state index is 0.0337. The number of hydrogen-bond acceptors (Lipinski definition) is 5. The van der Waals surface area contributed by atoms with E-state index in [9.17, 15) is 8.42 Å². The van der Waals surface area contributed by atoms with Gasteiger partial charge in [0.05, 0.1) is 14.2 Å². The van der Waals surface area contributed by atoms with Crippen molar-refractivity contribution in [2.75, 3.05) is 14.2 Å². The number of nitrogens with zero attached hydrogens (tertiary/aromatic N) is 1. The highest BCUT2D eigenvalue weighted by molar-refractivity contribution is 7.89. The Kier molecular flexibility index (Phi) is 6.23. The Labute approximate surface area is 190 Å². The molecule has 32 heavy (non-hydrogen) atoms. The summed E-state index contributed by atoms with van der Waals surface area (Å²) < 4.78 is 46.0. The smallest absolute Gasteiger partial charge is 0.247 e. The molecule has 0 aromatic heterocycles. The largest absolute Gasteiger partial charge is 0.497 e. The summed E-state index contributed by atoms with van der Waals surface area (Å²) in [6.07, 6.45) is 7.86. The van der Waals surface area contributed by atoms with E-state index in [0.29, 0.717) is 12.3 Å². The standard InChI is InChI=1S/C25H31NO5S/c1-25(2)14-13-19-15-18(9-11-22(19)31-25)17-26(20-7-5-6-8-20)32(27,28)24-12-10-21(29-3)16-23(24)30-4/h9-16,20H,5-8,17H2,1-4H3. The number of hydrogen-bond donors (Lipinski definition) is 0. The zero-order valence-corrected chi connectivity index (χ0v) is 19.9. The van der Waals surface area contributed by atoms with Gasteiger partial charge in [-0.3, -0.25) is 0 Å².